The first kappa shape index (κ1) is 13.8. The summed E-state index contributed by atoms with van der Waals surface area (Å²) in [5, 5.41) is 15.0. The second-order valence-electron chi connectivity index (χ2n) is 7.51. The van der Waals surface area contributed by atoms with E-state index >= 15 is 0 Å². The molecule has 0 aromatic carbocycles. The molecule has 0 aliphatic carbocycles. The predicted molar refractivity (Wildman–Crippen MR) is 99.1 cm³/mol. The number of epoxide rings is 1. The number of carbonyl (C=O) groups is 1. The minimum Gasteiger partial charge on any atom is -0.459 e. The molecule has 0 saturated carbocycles. The highest BCUT2D eigenvalue weighted by atomic mass is 32.1. The minimum absolute atomic E-state index is 0.0312. The van der Waals surface area contributed by atoms with Gasteiger partial charge in [0.1, 0.15) is 30.4 Å². The normalized spacial score (nSPS) is 40.2. The number of esters is 1. The van der Waals surface area contributed by atoms with Gasteiger partial charge in [-0.2, -0.15) is 0 Å². The van der Waals surface area contributed by atoms with Gasteiger partial charge in [0.25, 0.3) is 0 Å². The van der Waals surface area contributed by atoms with Crippen LogP contribution in [0.3, 0.4) is 0 Å². The van der Waals surface area contributed by atoms with Crippen LogP contribution < -0.4 is 0 Å². The van der Waals surface area contributed by atoms with E-state index in [4.69, 9.17) is 13.6 Å². The first-order valence-corrected chi connectivity index (χ1v) is 10.5. The third-order valence-electron chi connectivity index (χ3n) is 6.03. The van der Waals surface area contributed by atoms with E-state index in [2.05, 4.69) is 0 Å². The molecule has 26 heavy (non-hydrogen) atoms. The van der Waals surface area contributed by atoms with Gasteiger partial charge in [-0.1, -0.05) is 12.1 Å². The highest BCUT2D eigenvalue weighted by Crippen LogP contribution is 2.52. The van der Waals surface area contributed by atoms with Gasteiger partial charge in [0, 0.05) is 12.8 Å². The second-order valence-corrected chi connectivity index (χ2v) is 9.41. The predicted octanol–water partition coefficient (Wildman–Crippen LogP) is 2.35. The molecule has 0 amide bonds. The number of hydrogen-bond acceptors (Lipinski definition) is 6. The zero-order valence-corrected chi connectivity index (χ0v) is 15.8. The average molecular weight is 396 g/mol. The molecule has 4 unspecified atom stereocenters. The lowest BCUT2D eigenvalue weighted by atomic mass is 9.95. The summed E-state index contributed by atoms with van der Waals surface area (Å²) < 4.78 is 35.6. The quantitative estimate of drug-likeness (QED) is 0.490. The molecule has 3 aliphatic heterocycles. The number of likely N-dealkylation sites (N-methyl/N-ethyl adjacent to an activating group) is 1. The zero-order valence-electron chi connectivity index (χ0n) is 17.2. The standard InChI is InChI=1S/C19H22NO4S2/c1-20(2)12-9-11(10-13(20)17-16(12)24-17)23-18(21)19(22,14-5-3-7-25-14)15-6-4-8-26-15/h3-8,11-13,16-17,22H,9-10H2,1-2H3/q+1/i1D3. The SMILES string of the molecule is [2H]C([2H])([2H])[N+]1(C)C2CC(OC(=O)C(O)(c3cccs3)c3cccs3)CC1C1OC12. The molecule has 0 radical (unpaired) electrons. The average Bonchev–Trinajstić information content (AvgIpc) is 3.04. The van der Waals surface area contributed by atoms with Crippen molar-refractivity contribution >= 4 is 28.6 Å². The summed E-state index contributed by atoms with van der Waals surface area (Å²) in [6.07, 6.45) is 0.242. The Morgan fingerprint density at radius 3 is 2.31 bits per heavy atom. The van der Waals surface area contributed by atoms with Crippen LogP contribution in [0.2, 0.25) is 0 Å². The summed E-state index contributed by atoms with van der Waals surface area (Å²) in [6.45, 7) is -2.14. The fourth-order valence-corrected chi connectivity index (χ4v) is 6.29. The first-order valence-electron chi connectivity index (χ1n) is 10.2. The number of hydrogen-bond donors (Lipinski definition) is 1. The van der Waals surface area contributed by atoms with Crippen LogP contribution in [0.4, 0.5) is 0 Å². The Labute approximate surface area is 164 Å². The van der Waals surface area contributed by atoms with Crippen molar-refractivity contribution in [2.45, 2.75) is 48.8 Å². The maximum absolute atomic E-state index is 13.2. The molecule has 3 saturated heterocycles. The molecule has 5 heterocycles. The molecule has 0 spiro atoms. The molecule has 4 atom stereocenters. The number of aliphatic hydroxyl groups is 1. The molecule has 7 heteroatoms. The van der Waals surface area contributed by atoms with Crippen LogP contribution in [-0.2, 0) is 19.9 Å². The van der Waals surface area contributed by atoms with Crippen LogP contribution in [0.15, 0.2) is 35.0 Å². The molecule has 5 nitrogen and oxygen atoms in total. The molecule has 5 rings (SSSR count). The third-order valence-corrected chi connectivity index (χ3v) is 7.99. The van der Waals surface area contributed by atoms with Crippen molar-refractivity contribution in [3.05, 3.63) is 44.8 Å². The van der Waals surface area contributed by atoms with Crippen molar-refractivity contribution in [2.75, 3.05) is 14.0 Å². The summed E-state index contributed by atoms with van der Waals surface area (Å²) in [6, 6.07) is 6.55. The highest BCUT2D eigenvalue weighted by Gasteiger charge is 2.71. The molecular formula is C19H22NO4S2+. The maximum Gasteiger partial charge on any atom is 0.349 e. The molecule has 2 aromatic rings. The van der Waals surface area contributed by atoms with Crippen molar-refractivity contribution in [1.82, 2.24) is 0 Å². The number of rotatable bonds is 4. The van der Waals surface area contributed by atoms with Crippen LogP contribution in [0, 0.1) is 0 Å². The van der Waals surface area contributed by atoms with Crippen molar-refractivity contribution in [1.29, 1.82) is 0 Å². The Bertz CT molecular complexity index is 862. The Hall–Kier alpha value is -1.25. The van der Waals surface area contributed by atoms with Gasteiger partial charge < -0.3 is 19.1 Å². The summed E-state index contributed by atoms with van der Waals surface area (Å²) in [7, 11) is 1.77. The number of nitrogens with zero attached hydrogens (tertiary/aromatic N) is 1. The number of fused-ring (bicyclic) bond motifs is 5. The molecular weight excluding hydrogens is 370 g/mol. The van der Waals surface area contributed by atoms with E-state index < -0.39 is 24.7 Å². The summed E-state index contributed by atoms with van der Waals surface area (Å²) in [5.74, 6) is -0.702. The number of quaternary nitrogens is 1. The molecule has 3 fully saturated rings. The van der Waals surface area contributed by atoms with Crippen LogP contribution >= 0.6 is 22.7 Å². The fourth-order valence-electron chi connectivity index (χ4n) is 4.58. The van der Waals surface area contributed by atoms with Crippen molar-refractivity contribution in [2.24, 2.45) is 0 Å². The van der Waals surface area contributed by atoms with E-state index in [9.17, 15) is 9.90 Å². The monoisotopic (exact) mass is 395 g/mol. The largest absolute Gasteiger partial charge is 0.459 e. The van der Waals surface area contributed by atoms with E-state index in [1.807, 2.05) is 10.8 Å². The lowest BCUT2D eigenvalue weighted by Crippen LogP contribution is -2.60. The summed E-state index contributed by atoms with van der Waals surface area (Å²) in [4.78, 5) is 14.2. The van der Waals surface area contributed by atoms with Crippen LogP contribution in [-0.4, -0.2) is 60.0 Å². The van der Waals surface area contributed by atoms with E-state index in [0.29, 0.717) is 22.6 Å². The Kier molecular flexibility index (Phi) is 3.00. The lowest BCUT2D eigenvalue weighted by Gasteiger charge is -2.45. The van der Waals surface area contributed by atoms with Gasteiger partial charge in [-0.15, -0.1) is 22.7 Å². The van der Waals surface area contributed by atoms with Crippen molar-refractivity contribution in [3.8, 4) is 0 Å². The maximum atomic E-state index is 13.2. The topological polar surface area (TPSA) is 59.1 Å². The Balaban J connectivity index is 1.40. The van der Waals surface area contributed by atoms with E-state index in [-0.39, 0.29) is 28.8 Å². The van der Waals surface area contributed by atoms with Gasteiger partial charge in [-0.05, 0) is 22.9 Å². The smallest absolute Gasteiger partial charge is 0.349 e. The number of thiophene rings is 2. The van der Waals surface area contributed by atoms with Crippen LogP contribution in [0.1, 0.15) is 26.7 Å². The van der Waals surface area contributed by atoms with Crippen LogP contribution in [0.5, 0.6) is 0 Å². The molecule has 2 aromatic heterocycles. The van der Waals surface area contributed by atoms with E-state index in [1.165, 1.54) is 22.7 Å². The second kappa shape index (κ2) is 5.62. The van der Waals surface area contributed by atoms with Crippen molar-refractivity contribution in [3.63, 3.8) is 0 Å². The number of carbonyl (C=O) groups excluding carboxylic acids is 1. The fraction of sp³-hybridized carbons (Fsp3) is 0.526. The Morgan fingerprint density at radius 2 is 1.85 bits per heavy atom. The van der Waals surface area contributed by atoms with Crippen molar-refractivity contribution < 1.29 is 28.0 Å². The van der Waals surface area contributed by atoms with Gasteiger partial charge in [0.2, 0.25) is 5.60 Å². The number of morpholine rings is 1. The molecule has 1 N–H and O–H groups in total. The van der Waals surface area contributed by atoms with E-state index in [1.54, 1.807) is 31.3 Å². The number of ether oxygens (including phenoxy) is 2. The first-order chi connectivity index (χ1) is 13.7. The summed E-state index contributed by atoms with van der Waals surface area (Å²) in [5.41, 5.74) is -1.85. The van der Waals surface area contributed by atoms with Gasteiger partial charge in [0.05, 0.1) is 27.9 Å². The lowest BCUT2D eigenvalue weighted by molar-refractivity contribution is -0.938. The summed E-state index contributed by atoms with van der Waals surface area (Å²) >= 11 is 2.60. The zero-order chi connectivity index (χ0) is 20.6. The molecule has 3 aliphatic rings. The highest BCUT2D eigenvalue weighted by molar-refractivity contribution is 7.12. The van der Waals surface area contributed by atoms with Gasteiger partial charge in [-0.3, -0.25) is 0 Å². The van der Waals surface area contributed by atoms with Crippen LogP contribution in [0.25, 0.3) is 0 Å². The molecule has 138 valence electrons. The molecule has 2 bridgehead atoms. The third kappa shape index (κ3) is 2.28. The minimum atomic E-state index is -2.14. The Morgan fingerprint density at radius 1 is 1.27 bits per heavy atom. The van der Waals surface area contributed by atoms with Gasteiger partial charge in [-0.25, -0.2) is 4.79 Å². The van der Waals surface area contributed by atoms with E-state index in [0.717, 1.165) is 0 Å². The van der Waals surface area contributed by atoms with Gasteiger partial charge >= 0.3 is 5.97 Å². The number of piperidine rings is 1. The van der Waals surface area contributed by atoms with Gasteiger partial charge in [0.15, 0.2) is 0 Å².